The third-order valence-corrected chi connectivity index (χ3v) is 14.3. The van der Waals surface area contributed by atoms with E-state index in [9.17, 15) is 4.79 Å². The zero-order valence-corrected chi connectivity index (χ0v) is 29.4. The van der Waals surface area contributed by atoms with Crippen molar-refractivity contribution in [1.29, 1.82) is 0 Å². The van der Waals surface area contributed by atoms with E-state index < -0.39 is 8.32 Å². The van der Waals surface area contributed by atoms with E-state index in [1.807, 2.05) is 12.1 Å². The summed E-state index contributed by atoms with van der Waals surface area (Å²) in [6.07, 6.45) is 16.6. The molecule has 0 saturated heterocycles. The van der Waals surface area contributed by atoms with Crippen LogP contribution in [0.5, 0.6) is 5.75 Å². The molecule has 3 nitrogen and oxygen atoms in total. The van der Waals surface area contributed by atoms with Gasteiger partial charge in [0.25, 0.3) is 8.32 Å². The molecule has 0 amide bonds. The second-order valence-electron chi connectivity index (χ2n) is 13.0. The summed E-state index contributed by atoms with van der Waals surface area (Å²) in [6, 6.07) is 5.91. The van der Waals surface area contributed by atoms with Crippen molar-refractivity contribution in [3.8, 4) is 5.75 Å². The topological polar surface area (TPSA) is 35.5 Å². The molecule has 0 atom stereocenters. The van der Waals surface area contributed by atoms with E-state index in [0.717, 1.165) is 49.8 Å². The Hall–Kier alpha value is -2.33. The van der Waals surface area contributed by atoms with Gasteiger partial charge in [-0.15, -0.1) is 0 Å². The maximum absolute atomic E-state index is 12.6. The van der Waals surface area contributed by atoms with Crippen LogP contribution in [-0.4, -0.2) is 21.4 Å². The Morgan fingerprint density at radius 1 is 0.732 bits per heavy atom. The highest BCUT2D eigenvalue weighted by Gasteiger charge is 2.47. The van der Waals surface area contributed by atoms with E-state index >= 15 is 0 Å². The lowest BCUT2D eigenvalue weighted by Crippen LogP contribution is -2.50. The van der Waals surface area contributed by atoms with E-state index in [0.29, 0.717) is 28.6 Å². The molecule has 0 aliphatic heterocycles. The minimum absolute atomic E-state index is 0.294. The molecule has 0 saturated carbocycles. The molecular formula is C37H60O3Si. The van der Waals surface area contributed by atoms with Gasteiger partial charge in [-0.1, -0.05) is 88.1 Å². The van der Waals surface area contributed by atoms with E-state index in [1.165, 1.54) is 29.4 Å². The predicted molar refractivity (Wildman–Crippen MR) is 182 cm³/mol. The van der Waals surface area contributed by atoms with Crippen molar-refractivity contribution < 1.29 is 14.0 Å². The average Bonchev–Trinajstić information content (AvgIpc) is 2.89. The highest BCUT2D eigenvalue weighted by molar-refractivity contribution is 6.78. The maximum Gasteiger partial charge on any atom is 0.338 e. The third kappa shape index (κ3) is 12.2. The Kier molecular flexibility index (Phi) is 16.3. The number of hydrogen-bond acceptors (Lipinski definition) is 3. The number of methoxy groups -OCH3 is 1. The van der Waals surface area contributed by atoms with Crippen molar-refractivity contribution in [3.63, 3.8) is 0 Å². The number of carbonyl (C=O) groups is 1. The van der Waals surface area contributed by atoms with Crippen LogP contribution in [0.25, 0.3) is 0 Å². The first-order chi connectivity index (χ1) is 19.2. The number of rotatable bonds is 17. The van der Waals surface area contributed by atoms with Crippen LogP contribution in [0.3, 0.4) is 0 Å². The van der Waals surface area contributed by atoms with Crippen LogP contribution in [0.4, 0.5) is 0 Å². The van der Waals surface area contributed by atoms with Gasteiger partial charge in [0.15, 0.2) is 0 Å². The van der Waals surface area contributed by atoms with Crippen molar-refractivity contribution in [1.82, 2.24) is 0 Å². The van der Waals surface area contributed by atoms with E-state index in [2.05, 4.69) is 107 Å². The molecule has 0 aliphatic carbocycles. The Labute approximate surface area is 254 Å². The fraction of sp³-hybridized carbons (Fsp3) is 0.595. The molecule has 230 valence electrons. The van der Waals surface area contributed by atoms with Crippen molar-refractivity contribution in [2.24, 2.45) is 0 Å². The van der Waals surface area contributed by atoms with Crippen LogP contribution in [0.15, 0.2) is 64.8 Å². The van der Waals surface area contributed by atoms with Crippen LogP contribution in [0.1, 0.15) is 131 Å². The molecule has 0 spiro atoms. The van der Waals surface area contributed by atoms with Crippen molar-refractivity contribution in [2.45, 2.75) is 138 Å². The summed E-state index contributed by atoms with van der Waals surface area (Å²) in [4.78, 5) is 12.6. The molecule has 41 heavy (non-hydrogen) atoms. The molecule has 1 rings (SSSR count). The van der Waals surface area contributed by atoms with Gasteiger partial charge in [-0.2, -0.15) is 0 Å². The molecular weight excluding hydrogens is 521 g/mol. The second kappa shape index (κ2) is 18.3. The highest BCUT2D eigenvalue weighted by Crippen LogP contribution is 2.43. The number of hydrogen-bond donors (Lipinski definition) is 0. The smallest absolute Gasteiger partial charge is 0.338 e. The summed E-state index contributed by atoms with van der Waals surface area (Å²) in [5.41, 5.74) is 8.71. The summed E-state index contributed by atoms with van der Waals surface area (Å²) in [5, 5.41) is 0. The number of benzene rings is 1. The normalized spacial score (nSPS) is 13.3. The molecule has 0 radical (unpaired) electrons. The van der Waals surface area contributed by atoms with Crippen LogP contribution in [0, 0.1) is 0 Å². The molecule has 0 fully saturated rings. The lowest BCUT2D eigenvalue weighted by molar-refractivity contribution is 0.0599. The molecule has 1 aromatic rings. The SMILES string of the molecule is COC(=O)c1ccc(O[Si](C(C)C)(C(C)C)C(C)C)cc1[13CH2]/C=C(\C)CC/C=C(\C)CC/C=C(\C)CCC=C(C)C. The van der Waals surface area contributed by atoms with Crippen molar-refractivity contribution >= 4 is 14.3 Å². The van der Waals surface area contributed by atoms with Gasteiger partial charge in [0.05, 0.1) is 12.7 Å². The maximum atomic E-state index is 12.6. The third-order valence-electron chi connectivity index (χ3n) is 8.31. The van der Waals surface area contributed by atoms with Crippen LogP contribution >= 0.6 is 0 Å². The first kappa shape index (κ1) is 36.7. The summed E-state index contributed by atoms with van der Waals surface area (Å²) >= 11 is 0. The monoisotopic (exact) mass is 581 g/mol. The summed E-state index contributed by atoms with van der Waals surface area (Å²) in [7, 11) is -0.641. The molecule has 0 aromatic heterocycles. The van der Waals surface area contributed by atoms with E-state index in [1.54, 1.807) is 0 Å². The fourth-order valence-electron chi connectivity index (χ4n) is 5.94. The van der Waals surface area contributed by atoms with E-state index in [4.69, 9.17) is 9.16 Å². The first-order valence-electron chi connectivity index (χ1n) is 15.7. The number of ether oxygens (including phenoxy) is 1. The Bertz CT molecular complexity index is 1060. The zero-order chi connectivity index (χ0) is 31.2. The second-order valence-corrected chi connectivity index (χ2v) is 18.4. The minimum atomic E-state index is -2.09. The molecule has 0 N–H and O–H groups in total. The van der Waals surface area contributed by atoms with Gasteiger partial charge in [0.2, 0.25) is 0 Å². The Morgan fingerprint density at radius 2 is 1.20 bits per heavy atom. The molecule has 0 aliphatic rings. The van der Waals surface area contributed by atoms with Crippen LogP contribution in [-0.2, 0) is 11.2 Å². The summed E-state index contributed by atoms with van der Waals surface area (Å²) < 4.78 is 12.0. The van der Waals surface area contributed by atoms with Crippen LogP contribution < -0.4 is 4.43 Å². The largest absolute Gasteiger partial charge is 0.543 e. The quantitative estimate of drug-likeness (QED) is 0.0794. The van der Waals surface area contributed by atoms with Crippen molar-refractivity contribution in [2.75, 3.05) is 7.11 Å². The lowest BCUT2D eigenvalue weighted by atomic mass is 10.0. The summed E-state index contributed by atoms with van der Waals surface area (Å²) in [5.74, 6) is 0.582. The van der Waals surface area contributed by atoms with E-state index in [-0.39, 0.29) is 5.97 Å². The summed E-state index contributed by atoms with van der Waals surface area (Å²) in [6.45, 7) is 24.8. The fourth-order valence-corrected chi connectivity index (χ4v) is 11.2. The minimum Gasteiger partial charge on any atom is -0.543 e. The standard InChI is InChI=1S/C37H60O3Si/c1-27(2)16-13-17-31(9)18-14-19-32(10)20-15-21-33(11)22-23-34-26-35(24-25-36(34)37(38)39-12)40-41(28(3)4,29(5)6)30(7)8/h16,18,20,22,24-26,28-30H,13-15,17,19,21,23H2,1-12H3/b31-18+,32-20+,33-22+/i23+1. The zero-order valence-electron chi connectivity index (χ0n) is 28.4. The van der Waals surface area contributed by atoms with Gasteiger partial charge in [-0.05, 0) is 120 Å². The molecule has 4 heteroatoms. The Morgan fingerprint density at radius 3 is 1.63 bits per heavy atom. The van der Waals surface area contributed by atoms with Gasteiger partial charge in [0.1, 0.15) is 5.75 Å². The van der Waals surface area contributed by atoms with Gasteiger partial charge in [-0.3, -0.25) is 0 Å². The number of esters is 1. The van der Waals surface area contributed by atoms with Crippen LogP contribution in [0.2, 0.25) is 16.6 Å². The average molecular weight is 582 g/mol. The lowest BCUT2D eigenvalue weighted by Gasteiger charge is -2.42. The Balaban J connectivity index is 2.91. The molecule has 1 aromatic carbocycles. The molecule has 0 heterocycles. The number of allylic oxidation sites excluding steroid dienone is 8. The van der Waals surface area contributed by atoms with Gasteiger partial charge in [-0.25, -0.2) is 4.79 Å². The van der Waals surface area contributed by atoms with Gasteiger partial charge in [0, 0.05) is 0 Å². The molecule has 0 bridgehead atoms. The van der Waals surface area contributed by atoms with Gasteiger partial charge < -0.3 is 9.16 Å². The molecule has 0 unspecified atom stereocenters. The predicted octanol–water partition coefficient (Wildman–Crippen LogP) is 11.7. The first-order valence-corrected chi connectivity index (χ1v) is 17.9. The highest BCUT2D eigenvalue weighted by atomic mass is 28.4. The number of carbonyl (C=O) groups excluding carboxylic acids is 1. The van der Waals surface area contributed by atoms with Crippen molar-refractivity contribution in [3.05, 3.63) is 75.9 Å². The van der Waals surface area contributed by atoms with Gasteiger partial charge >= 0.3 is 5.97 Å².